The van der Waals surface area contributed by atoms with Gasteiger partial charge in [-0.3, -0.25) is 20.4 Å². The predicted molar refractivity (Wildman–Crippen MR) is 68.2 cm³/mol. The molecular formula is C11H9ClN2O2S. The van der Waals surface area contributed by atoms with Gasteiger partial charge in [0.25, 0.3) is 11.8 Å². The number of thiophene rings is 1. The monoisotopic (exact) mass is 268 g/mol. The van der Waals surface area contributed by atoms with E-state index >= 15 is 0 Å². The minimum Gasteiger partial charge on any atom is -0.272 e. The number of benzene rings is 1. The van der Waals surface area contributed by atoms with Crippen LogP contribution in [0.25, 0.3) is 10.1 Å². The number of fused-ring (bicyclic) bond motifs is 1. The normalized spacial score (nSPS) is 10.2. The third kappa shape index (κ3) is 2.75. The fraction of sp³-hybridized carbons (Fsp3) is 0.0909. The highest BCUT2D eigenvalue weighted by Crippen LogP contribution is 2.24. The van der Waals surface area contributed by atoms with E-state index in [0.29, 0.717) is 4.88 Å². The number of rotatable bonds is 2. The van der Waals surface area contributed by atoms with E-state index in [1.54, 1.807) is 6.07 Å². The molecule has 0 aliphatic rings. The second-order valence-corrected chi connectivity index (χ2v) is 4.64. The quantitative estimate of drug-likeness (QED) is 0.646. The van der Waals surface area contributed by atoms with Gasteiger partial charge in [-0.25, -0.2) is 0 Å². The Kier molecular flexibility index (Phi) is 3.61. The minimum absolute atomic E-state index is 0.188. The van der Waals surface area contributed by atoms with E-state index in [9.17, 15) is 9.59 Å². The Labute approximate surface area is 107 Å². The van der Waals surface area contributed by atoms with Gasteiger partial charge in [0.1, 0.15) is 5.88 Å². The van der Waals surface area contributed by atoms with Crippen molar-refractivity contribution in [2.45, 2.75) is 0 Å². The minimum atomic E-state index is -0.443. The van der Waals surface area contributed by atoms with Gasteiger partial charge in [0.05, 0.1) is 4.88 Å². The summed E-state index contributed by atoms with van der Waals surface area (Å²) in [6.07, 6.45) is 0. The fourth-order valence-corrected chi connectivity index (χ4v) is 2.34. The molecule has 0 aliphatic carbocycles. The van der Waals surface area contributed by atoms with Crippen LogP contribution in [0.2, 0.25) is 0 Å². The molecule has 2 N–H and O–H groups in total. The maximum atomic E-state index is 11.7. The van der Waals surface area contributed by atoms with E-state index < -0.39 is 5.91 Å². The Morgan fingerprint density at radius 3 is 2.71 bits per heavy atom. The largest absolute Gasteiger partial charge is 0.279 e. The number of hydrogen-bond acceptors (Lipinski definition) is 3. The molecule has 17 heavy (non-hydrogen) atoms. The van der Waals surface area contributed by atoms with Crippen LogP contribution in [0.3, 0.4) is 0 Å². The van der Waals surface area contributed by atoms with Gasteiger partial charge in [0.2, 0.25) is 0 Å². The van der Waals surface area contributed by atoms with Gasteiger partial charge in [-0.2, -0.15) is 0 Å². The Bertz CT molecular complexity index is 534. The lowest BCUT2D eigenvalue weighted by molar-refractivity contribution is -0.119. The molecule has 0 aliphatic heterocycles. The molecule has 6 heteroatoms. The van der Waals surface area contributed by atoms with Gasteiger partial charge in [0.15, 0.2) is 0 Å². The summed E-state index contributed by atoms with van der Waals surface area (Å²) in [5, 5.41) is 1.01. The van der Waals surface area contributed by atoms with E-state index in [0.717, 1.165) is 10.1 Å². The highest BCUT2D eigenvalue weighted by atomic mass is 35.5. The third-order valence-electron chi connectivity index (χ3n) is 2.09. The average molecular weight is 269 g/mol. The van der Waals surface area contributed by atoms with Crippen molar-refractivity contribution in [1.82, 2.24) is 10.9 Å². The third-order valence-corrected chi connectivity index (χ3v) is 3.44. The predicted octanol–water partition coefficient (Wildman–Crippen LogP) is 1.90. The number of halogens is 1. The topological polar surface area (TPSA) is 58.2 Å². The van der Waals surface area contributed by atoms with Crippen LogP contribution in [0.1, 0.15) is 9.67 Å². The molecular weight excluding hydrogens is 260 g/mol. The summed E-state index contributed by atoms with van der Waals surface area (Å²) in [7, 11) is 0. The smallest absolute Gasteiger partial charge is 0.272 e. The molecule has 0 unspecified atom stereocenters. The van der Waals surface area contributed by atoms with Gasteiger partial charge in [-0.1, -0.05) is 18.2 Å². The van der Waals surface area contributed by atoms with Crippen LogP contribution in [-0.2, 0) is 4.79 Å². The van der Waals surface area contributed by atoms with Crippen LogP contribution < -0.4 is 10.9 Å². The number of hydrogen-bond donors (Lipinski definition) is 2. The zero-order valence-corrected chi connectivity index (χ0v) is 10.3. The molecule has 4 nitrogen and oxygen atoms in total. The molecule has 0 radical (unpaired) electrons. The van der Waals surface area contributed by atoms with Crippen molar-refractivity contribution in [1.29, 1.82) is 0 Å². The molecule has 0 saturated carbocycles. The fourth-order valence-electron chi connectivity index (χ4n) is 1.32. The number of alkyl halides is 1. The van der Waals surface area contributed by atoms with Crippen LogP contribution in [0, 0.1) is 0 Å². The second-order valence-electron chi connectivity index (χ2n) is 3.28. The first-order valence-corrected chi connectivity index (χ1v) is 6.19. The summed E-state index contributed by atoms with van der Waals surface area (Å²) in [6.45, 7) is 0. The molecule has 88 valence electrons. The summed E-state index contributed by atoms with van der Waals surface area (Å²) >= 11 is 6.65. The van der Waals surface area contributed by atoms with Crippen LogP contribution >= 0.6 is 22.9 Å². The van der Waals surface area contributed by atoms with Gasteiger partial charge in [0, 0.05) is 4.70 Å². The standard InChI is InChI=1S/C11H9ClN2O2S/c12-6-10(15)13-14-11(16)9-5-7-3-1-2-4-8(7)17-9/h1-5H,6H2,(H,13,15)(H,14,16). The summed E-state index contributed by atoms with van der Waals surface area (Å²) in [5.41, 5.74) is 4.51. The Morgan fingerprint density at radius 2 is 2.00 bits per heavy atom. The van der Waals surface area contributed by atoms with Crippen molar-refractivity contribution in [2.24, 2.45) is 0 Å². The summed E-state index contributed by atoms with van der Waals surface area (Å²) in [6, 6.07) is 9.47. The first-order chi connectivity index (χ1) is 8.20. The number of carbonyl (C=O) groups excluding carboxylic acids is 2. The molecule has 0 bridgehead atoms. The van der Waals surface area contributed by atoms with Crippen LogP contribution in [0.4, 0.5) is 0 Å². The van der Waals surface area contributed by atoms with Gasteiger partial charge in [-0.15, -0.1) is 22.9 Å². The lowest BCUT2D eigenvalue weighted by Crippen LogP contribution is -2.41. The average Bonchev–Trinajstić information content (AvgIpc) is 2.79. The summed E-state index contributed by atoms with van der Waals surface area (Å²) in [4.78, 5) is 23.1. The first kappa shape index (κ1) is 11.9. The molecule has 0 saturated heterocycles. The molecule has 2 rings (SSSR count). The van der Waals surface area contributed by atoms with E-state index in [1.165, 1.54) is 11.3 Å². The maximum absolute atomic E-state index is 11.7. The van der Waals surface area contributed by atoms with Gasteiger partial charge >= 0.3 is 0 Å². The molecule has 0 spiro atoms. The van der Waals surface area contributed by atoms with Gasteiger partial charge in [-0.05, 0) is 17.5 Å². The summed E-state index contributed by atoms with van der Waals surface area (Å²) < 4.78 is 1.03. The zero-order valence-electron chi connectivity index (χ0n) is 8.70. The van der Waals surface area contributed by atoms with Crippen molar-refractivity contribution in [3.63, 3.8) is 0 Å². The lowest BCUT2D eigenvalue weighted by atomic mass is 10.2. The van der Waals surface area contributed by atoms with Crippen molar-refractivity contribution >= 4 is 44.8 Å². The van der Waals surface area contributed by atoms with Crippen molar-refractivity contribution in [3.8, 4) is 0 Å². The Morgan fingerprint density at radius 1 is 1.24 bits per heavy atom. The molecule has 2 amide bonds. The van der Waals surface area contributed by atoms with E-state index in [2.05, 4.69) is 10.9 Å². The number of hydrazine groups is 1. The van der Waals surface area contributed by atoms with Crippen molar-refractivity contribution < 1.29 is 9.59 Å². The molecule has 1 aromatic carbocycles. The van der Waals surface area contributed by atoms with Crippen molar-refractivity contribution in [3.05, 3.63) is 35.2 Å². The lowest BCUT2D eigenvalue weighted by Gasteiger charge is -2.02. The highest BCUT2D eigenvalue weighted by Gasteiger charge is 2.10. The van der Waals surface area contributed by atoms with E-state index in [-0.39, 0.29) is 11.8 Å². The highest BCUT2D eigenvalue weighted by molar-refractivity contribution is 7.20. The van der Waals surface area contributed by atoms with E-state index in [1.807, 2.05) is 24.3 Å². The zero-order chi connectivity index (χ0) is 12.3. The van der Waals surface area contributed by atoms with Gasteiger partial charge < -0.3 is 0 Å². The molecule has 1 heterocycles. The number of amides is 2. The molecule has 0 fully saturated rings. The Balaban J connectivity index is 2.11. The molecule has 2 aromatic rings. The van der Waals surface area contributed by atoms with Crippen molar-refractivity contribution in [2.75, 3.05) is 5.88 Å². The van der Waals surface area contributed by atoms with Crippen LogP contribution in [0.15, 0.2) is 30.3 Å². The molecule has 1 aromatic heterocycles. The van der Waals surface area contributed by atoms with Crippen LogP contribution in [0.5, 0.6) is 0 Å². The summed E-state index contributed by atoms with van der Waals surface area (Å²) in [5.74, 6) is -0.974. The Hall–Kier alpha value is -1.59. The first-order valence-electron chi connectivity index (χ1n) is 4.84. The SMILES string of the molecule is O=C(CCl)NNC(=O)c1cc2ccccc2s1. The van der Waals surface area contributed by atoms with Crippen LogP contribution in [-0.4, -0.2) is 17.7 Å². The molecule has 0 atom stereocenters. The second kappa shape index (κ2) is 5.16. The van der Waals surface area contributed by atoms with E-state index in [4.69, 9.17) is 11.6 Å². The maximum Gasteiger partial charge on any atom is 0.279 e. The number of nitrogens with one attached hydrogen (secondary N) is 2. The number of carbonyl (C=O) groups is 2.